The van der Waals surface area contributed by atoms with E-state index in [-0.39, 0.29) is 11.8 Å². The van der Waals surface area contributed by atoms with E-state index in [1.54, 1.807) is 38.3 Å². The van der Waals surface area contributed by atoms with Gasteiger partial charge in [0.05, 0.1) is 6.26 Å². The molecule has 26 heavy (non-hydrogen) atoms. The van der Waals surface area contributed by atoms with Crippen molar-refractivity contribution in [3.63, 3.8) is 0 Å². The lowest BCUT2D eigenvalue weighted by Crippen LogP contribution is -2.49. The third kappa shape index (κ3) is 6.50. The molecule has 0 saturated carbocycles. The fourth-order valence-corrected chi connectivity index (χ4v) is 3.46. The molecule has 0 aliphatic heterocycles. The molecule has 1 amide bonds. The van der Waals surface area contributed by atoms with Gasteiger partial charge >= 0.3 is 0 Å². The summed E-state index contributed by atoms with van der Waals surface area (Å²) in [4.78, 5) is 12.4. The van der Waals surface area contributed by atoms with Crippen molar-refractivity contribution >= 4 is 22.0 Å². The molecule has 0 aliphatic rings. The van der Waals surface area contributed by atoms with E-state index in [4.69, 9.17) is 4.42 Å². The van der Waals surface area contributed by atoms with E-state index < -0.39 is 16.1 Å². The number of sulfonamides is 1. The molecule has 0 bridgehead atoms. The van der Waals surface area contributed by atoms with Crippen molar-refractivity contribution in [2.24, 2.45) is 5.92 Å². The van der Waals surface area contributed by atoms with E-state index in [0.717, 1.165) is 16.7 Å². The maximum absolute atomic E-state index is 12.4. The predicted molar refractivity (Wildman–Crippen MR) is 102 cm³/mol. The van der Waals surface area contributed by atoms with Gasteiger partial charge in [-0.05, 0) is 29.7 Å². The second kappa shape index (κ2) is 9.35. The first-order valence-corrected chi connectivity index (χ1v) is 9.97. The van der Waals surface area contributed by atoms with Crippen LogP contribution in [0.1, 0.15) is 25.2 Å². The number of benzene rings is 1. The van der Waals surface area contributed by atoms with Crippen molar-refractivity contribution in [1.82, 2.24) is 10.0 Å². The molecule has 1 aromatic heterocycles. The molecule has 140 valence electrons. The molecule has 1 atom stereocenters. The zero-order chi connectivity index (χ0) is 19.0. The Morgan fingerprint density at radius 2 is 1.88 bits per heavy atom. The number of furan rings is 1. The van der Waals surface area contributed by atoms with Crippen LogP contribution >= 0.6 is 0 Å². The van der Waals surface area contributed by atoms with Crippen LogP contribution in [0.15, 0.2) is 58.6 Å². The van der Waals surface area contributed by atoms with Gasteiger partial charge in [0.15, 0.2) is 0 Å². The first-order valence-electron chi connectivity index (χ1n) is 8.43. The summed E-state index contributed by atoms with van der Waals surface area (Å²) in [6.45, 7) is 3.96. The summed E-state index contributed by atoms with van der Waals surface area (Å²) >= 11 is 0. The fraction of sp³-hybridized carbons (Fsp3) is 0.316. The molecule has 2 N–H and O–H groups in total. The molecule has 6 nitrogen and oxygen atoms in total. The van der Waals surface area contributed by atoms with Gasteiger partial charge in [0.1, 0.15) is 11.8 Å². The Bertz CT molecular complexity index is 812. The van der Waals surface area contributed by atoms with Crippen LogP contribution in [0.2, 0.25) is 0 Å². The maximum atomic E-state index is 12.4. The average Bonchev–Trinajstić information content (AvgIpc) is 3.12. The van der Waals surface area contributed by atoms with Gasteiger partial charge in [0.25, 0.3) is 0 Å². The van der Waals surface area contributed by atoms with Crippen molar-refractivity contribution in [3.8, 4) is 0 Å². The minimum Gasteiger partial charge on any atom is -0.469 e. The van der Waals surface area contributed by atoms with E-state index in [9.17, 15) is 13.2 Å². The number of rotatable bonds is 9. The Labute approximate surface area is 154 Å². The Morgan fingerprint density at radius 1 is 1.15 bits per heavy atom. The molecule has 0 spiro atoms. The highest BCUT2D eigenvalue weighted by atomic mass is 32.2. The minimum absolute atomic E-state index is 0.196. The standard InChI is InChI=1S/C19H24N2O4S/c1-15(2)18(19(22)20-12-10-17-9-6-13-25-17)21-26(23,24)14-11-16-7-4-3-5-8-16/h3-9,11,13-15,18,21H,10,12H2,1-2H3,(H,20,22)/b14-11+/t18-/m0/s1. The van der Waals surface area contributed by atoms with Crippen LogP contribution in [0.5, 0.6) is 0 Å². The van der Waals surface area contributed by atoms with E-state index in [1.165, 1.54) is 6.08 Å². The van der Waals surface area contributed by atoms with Gasteiger partial charge in [-0.1, -0.05) is 44.2 Å². The molecule has 0 radical (unpaired) electrons. The van der Waals surface area contributed by atoms with E-state index in [0.29, 0.717) is 13.0 Å². The molecular weight excluding hydrogens is 352 g/mol. The van der Waals surface area contributed by atoms with Crippen molar-refractivity contribution in [2.45, 2.75) is 26.3 Å². The van der Waals surface area contributed by atoms with Crippen molar-refractivity contribution in [1.29, 1.82) is 0 Å². The van der Waals surface area contributed by atoms with Gasteiger partial charge < -0.3 is 9.73 Å². The highest BCUT2D eigenvalue weighted by Crippen LogP contribution is 2.07. The van der Waals surface area contributed by atoms with Crippen molar-refractivity contribution in [3.05, 3.63) is 65.5 Å². The van der Waals surface area contributed by atoms with Gasteiger partial charge in [0.2, 0.25) is 15.9 Å². The molecular formula is C19H24N2O4S. The number of hydrogen-bond acceptors (Lipinski definition) is 4. The first-order chi connectivity index (χ1) is 12.4. The molecule has 2 aromatic rings. The van der Waals surface area contributed by atoms with Gasteiger partial charge in [-0.3, -0.25) is 4.79 Å². The van der Waals surface area contributed by atoms with E-state index in [2.05, 4.69) is 10.0 Å². The molecule has 1 heterocycles. The Hall–Kier alpha value is -2.38. The van der Waals surface area contributed by atoms with E-state index in [1.807, 2.05) is 24.3 Å². The second-order valence-corrected chi connectivity index (χ2v) is 7.82. The Balaban J connectivity index is 1.95. The summed E-state index contributed by atoms with van der Waals surface area (Å²) in [5, 5.41) is 3.83. The van der Waals surface area contributed by atoms with E-state index >= 15 is 0 Å². The van der Waals surface area contributed by atoms with Crippen LogP contribution in [-0.2, 0) is 21.2 Å². The molecule has 7 heteroatoms. The number of carbonyl (C=O) groups is 1. The van der Waals surface area contributed by atoms with Crippen LogP contribution in [-0.4, -0.2) is 26.9 Å². The van der Waals surface area contributed by atoms with Gasteiger partial charge in [-0.2, -0.15) is 4.72 Å². The summed E-state index contributed by atoms with van der Waals surface area (Å²) in [6, 6.07) is 11.8. The Kier molecular flexibility index (Phi) is 7.17. The average molecular weight is 376 g/mol. The lowest BCUT2D eigenvalue weighted by Gasteiger charge is -2.20. The van der Waals surface area contributed by atoms with Crippen LogP contribution in [0, 0.1) is 5.92 Å². The molecule has 0 unspecified atom stereocenters. The number of amides is 1. The topological polar surface area (TPSA) is 88.4 Å². The minimum atomic E-state index is -3.75. The summed E-state index contributed by atoms with van der Waals surface area (Å²) in [6.07, 6.45) is 3.61. The molecule has 0 aliphatic carbocycles. The molecule has 0 saturated heterocycles. The molecule has 1 aromatic carbocycles. The first kappa shape index (κ1) is 19.9. The molecule has 2 rings (SSSR count). The lowest BCUT2D eigenvalue weighted by atomic mass is 10.1. The summed E-state index contributed by atoms with van der Waals surface area (Å²) in [5.41, 5.74) is 0.766. The van der Waals surface area contributed by atoms with Crippen LogP contribution < -0.4 is 10.0 Å². The zero-order valence-corrected chi connectivity index (χ0v) is 15.7. The van der Waals surface area contributed by atoms with Gasteiger partial charge in [0, 0.05) is 18.4 Å². The number of nitrogens with one attached hydrogen (secondary N) is 2. The normalized spacial score (nSPS) is 13.2. The summed E-state index contributed by atoms with van der Waals surface area (Å²) in [7, 11) is -3.75. The SMILES string of the molecule is CC(C)[C@H](NS(=O)(=O)/C=C/c1ccccc1)C(=O)NCCc1ccco1. The maximum Gasteiger partial charge on any atom is 0.238 e. The zero-order valence-electron chi connectivity index (χ0n) is 14.9. The number of hydrogen-bond donors (Lipinski definition) is 2. The highest BCUT2D eigenvalue weighted by Gasteiger charge is 2.26. The predicted octanol–water partition coefficient (Wildman–Crippen LogP) is 2.55. The quantitative estimate of drug-likeness (QED) is 0.704. The largest absolute Gasteiger partial charge is 0.469 e. The fourth-order valence-electron chi connectivity index (χ4n) is 2.31. The Morgan fingerprint density at radius 3 is 2.50 bits per heavy atom. The summed E-state index contributed by atoms with van der Waals surface area (Å²) in [5.74, 6) is 0.208. The number of carbonyl (C=O) groups excluding carboxylic acids is 1. The second-order valence-electron chi connectivity index (χ2n) is 6.22. The smallest absolute Gasteiger partial charge is 0.238 e. The third-order valence-electron chi connectivity index (χ3n) is 3.73. The lowest BCUT2D eigenvalue weighted by molar-refractivity contribution is -0.123. The van der Waals surface area contributed by atoms with Crippen LogP contribution in [0.3, 0.4) is 0 Å². The van der Waals surface area contributed by atoms with Gasteiger partial charge in [-0.25, -0.2) is 8.42 Å². The third-order valence-corrected chi connectivity index (χ3v) is 4.81. The summed E-state index contributed by atoms with van der Waals surface area (Å²) < 4.78 is 32.2. The van der Waals surface area contributed by atoms with Gasteiger partial charge in [-0.15, -0.1) is 0 Å². The monoisotopic (exact) mass is 376 g/mol. The van der Waals surface area contributed by atoms with Crippen molar-refractivity contribution in [2.75, 3.05) is 6.54 Å². The van der Waals surface area contributed by atoms with Crippen LogP contribution in [0.4, 0.5) is 0 Å². The molecule has 0 fully saturated rings. The van der Waals surface area contributed by atoms with Crippen LogP contribution in [0.25, 0.3) is 6.08 Å². The highest BCUT2D eigenvalue weighted by molar-refractivity contribution is 7.92. The van der Waals surface area contributed by atoms with Crippen molar-refractivity contribution < 1.29 is 17.6 Å².